The van der Waals surface area contributed by atoms with Crippen molar-refractivity contribution in [2.24, 2.45) is 0 Å². The van der Waals surface area contributed by atoms with Crippen LogP contribution in [-0.4, -0.2) is 17.0 Å². The van der Waals surface area contributed by atoms with E-state index in [1.54, 1.807) is 18.2 Å². The number of aromatic carboxylic acids is 1. The molecule has 6 heteroatoms. The Kier molecular flexibility index (Phi) is 3.14. The third-order valence-electron chi connectivity index (χ3n) is 3.19. The second-order valence-corrected chi connectivity index (χ2v) is 4.71. The molecular weight excluding hydrogens is 288 g/mol. The topological polar surface area (TPSA) is 93.8 Å². The first-order chi connectivity index (χ1) is 10.5. The van der Waals surface area contributed by atoms with Gasteiger partial charge in [-0.1, -0.05) is 6.07 Å². The summed E-state index contributed by atoms with van der Waals surface area (Å²) < 4.78 is 10.1. The highest BCUT2D eigenvalue weighted by molar-refractivity contribution is 6.06. The smallest absolute Gasteiger partial charge is 0.344 e. The molecule has 6 nitrogen and oxygen atoms in total. The number of ether oxygens (including phenoxy) is 1. The van der Waals surface area contributed by atoms with Crippen LogP contribution in [-0.2, 0) is 4.79 Å². The van der Waals surface area contributed by atoms with Gasteiger partial charge >= 0.3 is 17.6 Å². The molecule has 22 heavy (non-hydrogen) atoms. The summed E-state index contributed by atoms with van der Waals surface area (Å²) in [5, 5.41) is 10.4. The SMILES string of the molecule is CC(=O)Oc1ccc2c(c1)oc(=O)c1cc(C(=O)O)ccc12. The summed E-state index contributed by atoms with van der Waals surface area (Å²) in [4.78, 5) is 34.0. The van der Waals surface area contributed by atoms with E-state index < -0.39 is 17.6 Å². The van der Waals surface area contributed by atoms with Crippen molar-refractivity contribution < 1.29 is 23.8 Å². The van der Waals surface area contributed by atoms with E-state index in [0.717, 1.165) is 0 Å². The molecule has 0 unspecified atom stereocenters. The second-order valence-electron chi connectivity index (χ2n) is 4.71. The van der Waals surface area contributed by atoms with E-state index in [1.165, 1.54) is 25.1 Å². The van der Waals surface area contributed by atoms with Crippen LogP contribution in [0.1, 0.15) is 17.3 Å². The molecule has 0 saturated carbocycles. The third-order valence-corrected chi connectivity index (χ3v) is 3.19. The predicted octanol–water partition coefficient (Wildman–Crippen LogP) is 2.57. The van der Waals surface area contributed by atoms with Crippen LogP contribution in [0.25, 0.3) is 21.7 Å². The minimum absolute atomic E-state index is 0.00989. The van der Waals surface area contributed by atoms with Crippen molar-refractivity contribution in [3.05, 3.63) is 52.4 Å². The molecule has 0 aliphatic carbocycles. The van der Waals surface area contributed by atoms with Crippen LogP contribution < -0.4 is 10.4 Å². The molecular formula is C16H10O6. The van der Waals surface area contributed by atoms with E-state index in [4.69, 9.17) is 14.3 Å². The molecule has 0 amide bonds. The van der Waals surface area contributed by atoms with Crippen molar-refractivity contribution in [1.29, 1.82) is 0 Å². The Balaban J connectivity index is 2.30. The van der Waals surface area contributed by atoms with E-state index in [9.17, 15) is 14.4 Å². The quantitative estimate of drug-likeness (QED) is 0.338. The highest BCUT2D eigenvalue weighted by Crippen LogP contribution is 2.27. The lowest BCUT2D eigenvalue weighted by molar-refractivity contribution is -0.131. The number of carboxylic acids is 1. The van der Waals surface area contributed by atoms with Crippen LogP contribution in [0.4, 0.5) is 0 Å². The van der Waals surface area contributed by atoms with E-state index >= 15 is 0 Å². The van der Waals surface area contributed by atoms with Gasteiger partial charge in [0, 0.05) is 18.4 Å². The molecule has 1 heterocycles. The van der Waals surface area contributed by atoms with Crippen LogP contribution in [0, 0.1) is 0 Å². The predicted molar refractivity (Wildman–Crippen MR) is 78.3 cm³/mol. The number of carbonyl (C=O) groups is 2. The summed E-state index contributed by atoms with van der Waals surface area (Å²) >= 11 is 0. The number of hydrogen-bond acceptors (Lipinski definition) is 5. The Labute approximate surface area is 123 Å². The summed E-state index contributed by atoms with van der Waals surface area (Å²) in [6.45, 7) is 1.27. The van der Waals surface area contributed by atoms with Gasteiger partial charge in [-0.15, -0.1) is 0 Å². The Bertz CT molecular complexity index is 983. The van der Waals surface area contributed by atoms with Gasteiger partial charge in [-0.05, 0) is 29.7 Å². The van der Waals surface area contributed by atoms with Crippen molar-refractivity contribution in [1.82, 2.24) is 0 Å². The van der Waals surface area contributed by atoms with Crippen LogP contribution in [0.2, 0.25) is 0 Å². The zero-order valence-corrected chi connectivity index (χ0v) is 11.5. The average Bonchev–Trinajstić information content (AvgIpc) is 2.46. The van der Waals surface area contributed by atoms with Crippen LogP contribution in [0.5, 0.6) is 5.75 Å². The van der Waals surface area contributed by atoms with Crippen molar-refractivity contribution in [3.63, 3.8) is 0 Å². The molecule has 1 aromatic heterocycles. The first kappa shape index (κ1) is 13.8. The molecule has 0 aliphatic heterocycles. The summed E-state index contributed by atoms with van der Waals surface area (Å²) in [5.41, 5.74) is -0.374. The lowest BCUT2D eigenvalue weighted by Crippen LogP contribution is -2.04. The van der Waals surface area contributed by atoms with Gasteiger partial charge < -0.3 is 14.3 Å². The van der Waals surface area contributed by atoms with Gasteiger partial charge in [0.15, 0.2) is 0 Å². The van der Waals surface area contributed by atoms with E-state index in [1.807, 2.05) is 0 Å². The molecule has 0 aliphatic rings. The molecule has 0 spiro atoms. The fourth-order valence-corrected chi connectivity index (χ4v) is 2.27. The minimum Gasteiger partial charge on any atom is -0.478 e. The molecule has 0 atom stereocenters. The second kappa shape index (κ2) is 5.00. The first-order valence-electron chi connectivity index (χ1n) is 6.38. The number of esters is 1. The Hall–Kier alpha value is -3.15. The highest BCUT2D eigenvalue weighted by Gasteiger charge is 2.12. The zero-order valence-electron chi connectivity index (χ0n) is 11.5. The van der Waals surface area contributed by atoms with Crippen LogP contribution in [0.15, 0.2) is 45.6 Å². The third kappa shape index (κ3) is 2.31. The summed E-state index contributed by atoms with van der Waals surface area (Å²) in [5.74, 6) is -1.33. The van der Waals surface area contributed by atoms with E-state index in [2.05, 4.69) is 0 Å². The van der Waals surface area contributed by atoms with Crippen molar-refractivity contribution in [3.8, 4) is 5.75 Å². The standard InChI is InChI=1S/C16H10O6/c1-8(17)21-10-3-5-12-11-4-2-9(15(18)19)6-13(11)16(20)22-14(12)7-10/h2-7H,1H3,(H,18,19). The number of carboxylic acid groups (broad SMARTS) is 1. The molecule has 3 aromatic rings. The number of rotatable bonds is 2. The van der Waals surface area contributed by atoms with E-state index in [-0.39, 0.29) is 22.3 Å². The molecule has 110 valence electrons. The average molecular weight is 298 g/mol. The number of carbonyl (C=O) groups excluding carboxylic acids is 1. The first-order valence-corrected chi connectivity index (χ1v) is 6.38. The Morgan fingerprint density at radius 2 is 1.77 bits per heavy atom. The van der Waals surface area contributed by atoms with E-state index in [0.29, 0.717) is 10.8 Å². The Morgan fingerprint density at radius 3 is 2.45 bits per heavy atom. The van der Waals surface area contributed by atoms with Crippen LogP contribution in [0.3, 0.4) is 0 Å². The summed E-state index contributed by atoms with van der Waals surface area (Å²) in [7, 11) is 0. The summed E-state index contributed by atoms with van der Waals surface area (Å²) in [6.07, 6.45) is 0. The minimum atomic E-state index is -1.12. The van der Waals surface area contributed by atoms with Gasteiger partial charge in [-0.25, -0.2) is 9.59 Å². The van der Waals surface area contributed by atoms with Gasteiger partial charge in [0.05, 0.1) is 10.9 Å². The fraction of sp³-hybridized carbons (Fsp3) is 0.0625. The largest absolute Gasteiger partial charge is 0.478 e. The zero-order chi connectivity index (χ0) is 15.9. The molecule has 0 bridgehead atoms. The van der Waals surface area contributed by atoms with Gasteiger partial charge in [-0.3, -0.25) is 4.79 Å². The van der Waals surface area contributed by atoms with Gasteiger partial charge in [0.2, 0.25) is 0 Å². The molecule has 0 radical (unpaired) electrons. The van der Waals surface area contributed by atoms with Crippen molar-refractivity contribution in [2.75, 3.05) is 0 Å². The fourth-order valence-electron chi connectivity index (χ4n) is 2.27. The van der Waals surface area contributed by atoms with Crippen molar-refractivity contribution in [2.45, 2.75) is 6.92 Å². The van der Waals surface area contributed by atoms with Crippen LogP contribution >= 0.6 is 0 Å². The van der Waals surface area contributed by atoms with Gasteiger partial charge in [0.25, 0.3) is 0 Å². The normalized spacial score (nSPS) is 10.8. The number of benzene rings is 2. The number of fused-ring (bicyclic) bond motifs is 3. The van der Waals surface area contributed by atoms with Gasteiger partial charge in [-0.2, -0.15) is 0 Å². The maximum absolute atomic E-state index is 12.0. The van der Waals surface area contributed by atoms with Gasteiger partial charge in [0.1, 0.15) is 11.3 Å². The molecule has 0 saturated heterocycles. The van der Waals surface area contributed by atoms with Crippen molar-refractivity contribution >= 4 is 33.7 Å². The monoisotopic (exact) mass is 298 g/mol. The lowest BCUT2D eigenvalue weighted by atomic mass is 10.0. The maximum atomic E-state index is 12.0. The molecule has 0 fully saturated rings. The molecule has 1 N–H and O–H groups in total. The molecule has 2 aromatic carbocycles. The Morgan fingerprint density at radius 1 is 1.05 bits per heavy atom. The maximum Gasteiger partial charge on any atom is 0.344 e. The molecule has 3 rings (SSSR count). The summed E-state index contributed by atoms with van der Waals surface area (Å²) in [6, 6.07) is 8.94. The highest BCUT2D eigenvalue weighted by atomic mass is 16.5. The lowest BCUT2D eigenvalue weighted by Gasteiger charge is -2.05. The number of hydrogen-bond donors (Lipinski definition) is 1.